The molecule has 0 aliphatic rings. The monoisotopic (exact) mass is 456 g/mol. The third kappa shape index (κ3) is 4.71. The number of hydrogen-bond acceptors (Lipinski definition) is 8. The summed E-state index contributed by atoms with van der Waals surface area (Å²) >= 11 is 0. The van der Waals surface area contributed by atoms with Gasteiger partial charge in [-0.2, -0.15) is 0 Å². The van der Waals surface area contributed by atoms with Crippen molar-refractivity contribution in [1.82, 2.24) is 19.0 Å². The molecule has 1 amide bonds. The Hall–Kier alpha value is -4.15. The number of aryl methyl sites for hydroxylation is 1. The molecular formula is C22H24N4O7. The summed E-state index contributed by atoms with van der Waals surface area (Å²) in [5.41, 5.74) is -0.418. The summed E-state index contributed by atoms with van der Waals surface area (Å²) < 4.78 is 17.4. The van der Waals surface area contributed by atoms with Crippen molar-refractivity contribution in [3.63, 3.8) is 0 Å². The number of carbonyl (C=O) groups excluding carboxylic acids is 2. The first-order valence-electron chi connectivity index (χ1n) is 9.85. The van der Waals surface area contributed by atoms with E-state index in [0.29, 0.717) is 17.1 Å². The Labute approximate surface area is 188 Å². The second-order valence-corrected chi connectivity index (χ2v) is 7.23. The highest BCUT2D eigenvalue weighted by Gasteiger charge is 2.23. The fourth-order valence-corrected chi connectivity index (χ4v) is 3.33. The first-order valence-corrected chi connectivity index (χ1v) is 9.85. The van der Waals surface area contributed by atoms with E-state index in [4.69, 9.17) is 14.2 Å². The minimum absolute atomic E-state index is 0.0245. The number of pyridine rings is 1. The lowest BCUT2D eigenvalue weighted by molar-refractivity contribution is -0.141. The van der Waals surface area contributed by atoms with Crippen LogP contribution in [-0.4, -0.2) is 58.8 Å². The Morgan fingerprint density at radius 2 is 1.61 bits per heavy atom. The molecule has 3 aromatic rings. The number of methoxy groups -OCH3 is 3. The van der Waals surface area contributed by atoms with Gasteiger partial charge in [0.25, 0.3) is 11.5 Å². The summed E-state index contributed by atoms with van der Waals surface area (Å²) in [6, 6.07) is 7.92. The number of ether oxygens (including phenoxy) is 3. The van der Waals surface area contributed by atoms with Gasteiger partial charge in [0, 0.05) is 26.7 Å². The largest absolute Gasteiger partial charge is 0.497 e. The summed E-state index contributed by atoms with van der Waals surface area (Å²) in [6.45, 7) is -0.319. The lowest BCUT2D eigenvalue weighted by Gasteiger charge is -2.22. The van der Waals surface area contributed by atoms with E-state index in [0.717, 1.165) is 4.57 Å². The standard InChI is InChI=1S/C22H24N4O7/c1-24-19-16(20(28)25(2)22(24)30)6-7-17(23-19)21(29)26(12-18(27)33-5)11-13-8-14(31-3)10-15(9-13)32-4/h6-10H,11-12H2,1-5H3. The first kappa shape index (κ1) is 23.5. The van der Waals surface area contributed by atoms with Crippen LogP contribution in [0.2, 0.25) is 0 Å². The Balaban J connectivity index is 2.05. The van der Waals surface area contributed by atoms with Crippen molar-refractivity contribution in [1.29, 1.82) is 0 Å². The van der Waals surface area contributed by atoms with Crippen LogP contribution in [0.25, 0.3) is 11.0 Å². The van der Waals surface area contributed by atoms with Crippen LogP contribution in [-0.2, 0) is 30.2 Å². The molecule has 2 aromatic heterocycles. The summed E-state index contributed by atoms with van der Waals surface area (Å²) in [7, 11) is 7.05. The molecule has 0 aliphatic heterocycles. The Kier molecular flexibility index (Phi) is 6.80. The average molecular weight is 456 g/mol. The molecule has 33 heavy (non-hydrogen) atoms. The number of amides is 1. The van der Waals surface area contributed by atoms with E-state index in [1.165, 1.54) is 57.0 Å². The van der Waals surface area contributed by atoms with E-state index in [-0.39, 0.29) is 29.8 Å². The summed E-state index contributed by atoms with van der Waals surface area (Å²) in [4.78, 5) is 55.5. The van der Waals surface area contributed by atoms with Crippen molar-refractivity contribution in [2.45, 2.75) is 6.54 Å². The number of nitrogens with zero attached hydrogens (tertiary/aromatic N) is 4. The normalized spacial score (nSPS) is 10.7. The maximum atomic E-state index is 13.3. The highest BCUT2D eigenvalue weighted by molar-refractivity contribution is 5.96. The SMILES string of the molecule is COC(=O)CN(Cc1cc(OC)cc(OC)c1)C(=O)c1ccc2c(=O)n(C)c(=O)n(C)c2n1. The molecule has 0 bridgehead atoms. The van der Waals surface area contributed by atoms with Crippen molar-refractivity contribution in [2.24, 2.45) is 14.1 Å². The van der Waals surface area contributed by atoms with Gasteiger partial charge in [0.2, 0.25) is 0 Å². The molecule has 2 heterocycles. The second kappa shape index (κ2) is 9.55. The molecule has 0 fully saturated rings. The molecule has 0 atom stereocenters. The molecule has 11 nitrogen and oxygen atoms in total. The van der Waals surface area contributed by atoms with Crippen LogP contribution >= 0.6 is 0 Å². The molecule has 11 heteroatoms. The number of fused-ring (bicyclic) bond motifs is 1. The molecule has 0 saturated carbocycles. The lowest BCUT2D eigenvalue weighted by Crippen LogP contribution is -2.38. The molecule has 0 spiro atoms. The molecule has 0 saturated heterocycles. The zero-order valence-electron chi connectivity index (χ0n) is 18.9. The van der Waals surface area contributed by atoms with E-state index < -0.39 is 23.1 Å². The predicted octanol–water partition coefficient (Wildman–Crippen LogP) is 0.465. The maximum absolute atomic E-state index is 13.3. The van der Waals surface area contributed by atoms with Crippen LogP contribution in [0.15, 0.2) is 39.9 Å². The Morgan fingerprint density at radius 3 is 2.18 bits per heavy atom. The van der Waals surface area contributed by atoms with Gasteiger partial charge in [0.05, 0.1) is 26.7 Å². The number of hydrogen-bond donors (Lipinski definition) is 0. The number of aromatic nitrogens is 3. The molecule has 0 aliphatic carbocycles. The van der Waals surface area contributed by atoms with Crippen molar-refractivity contribution in [2.75, 3.05) is 27.9 Å². The minimum Gasteiger partial charge on any atom is -0.497 e. The topological polar surface area (TPSA) is 122 Å². The van der Waals surface area contributed by atoms with Crippen molar-refractivity contribution in [3.05, 3.63) is 62.4 Å². The molecule has 3 rings (SSSR count). The van der Waals surface area contributed by atoms with E-state index in [9.17, 15) is 19.2 Å². The first-order chi connectivity index (χ1) is 15.7. The molecule has 1 aromatic carbocycles. The number of benzene rings is 1. The van der Waals surface area contributed by atoms with E-state index in [1.54, 1.807) is 18.2 Å². The van der Waals surface area contributed by atoms with Gasteiger partial charge in [-0.3, -0.25) is 23.5 Å². The third-order valence-electron chi connectivity index (χ3n) is 5.14. The van der Waals surface area contributed by atoms with Gasteiger partial charge < -0.3 is 19.1 Å². The number of esters is 1. The van der Waals surface area contributed by atoms with E-state index >= 15 is 0 Å². The Morgan fingerprint density at radius 1 is 0.970 bits per heavy atom. The van der Waals surface area contributed by atoms with Gasteiger partial charge in [-0.05, 0) is 29.8 Å². The van der Waals surface area contributed by atoms with Crippen molar-refractivity contribution in [3.8, 4) is 11.5 Å². The number of rotatable bonds is 7. The molecule has 0 unspecified atom stereocenters. The minimum atomic E-state index is -0.625. The summed E-state index contributed by atoms with van der Waals surface area (Å²) in [5, 5.41) is 0.188. The zero-order chi connectivity index (χ0) is 24.3. The summed E-state index contributed by atoms with van der Waals surface area (Å²) in [6.07, 6.45) is 0. The zero-order valence-corrected chi connectivity index (χ0v) is 18.9. The van der Waals surface area contributed by atoms with Gasteiger partial charge in [-0.1, -0.05) is 0 Å². The Bertz CT molecular complexity index is 1320. The van der Waals surface area contributed by atoms with E-state index in [2.05, 4.69) is 4.98 Å². The van der Waals surface area contributed by atoms with Gasteiger partial charge in [-0.25, -0.2) is 9.78 Å². The van der Waals surface area contributed by atoms with Crippen molar-refractivity contribution < 1.29 is 23.8 Å². The predicted molar refractivity (Wildman–Crippen MR) is 119 cm³/mol. The average Bonchev–Trinajstić information content (AvgIpc) is 2.84. The van der Waals surface area contributed by atoms with Crippen LogP contribution in [0.4, 0.5) is 0 Å². The highest BCUT2D eigenvalue weighted by Crippen LogP contribution is 2.24. The summed E-state index contributed by atoms with van der Waals surface area (Å²) in [5.74, 6) is -0.175. The lowest BCUT2D eigenvalue weighted by atomic mass is 10.1. The molecule has 0 radical (unpaired) electrons. The van der Waals surface area contributed by atoms with Crippen LogP contribution in [0.1, 0.15) is 16.1 Å². The molecule has 174 valence electrons. The smallest absolute Gasteiger partial charge is 0.332 e. The van der Waals surface area contributed by atoms with Gasteiger partial charge in [-0.15, -0.1) is 0 Å². The number of carbonyl (C=O) groups is 2. The van der Waals surface area contributed by atoms with Gasteiger partial charge in [0.1, 0.15) is 29.4 Å². The van der Waals surface area contributed by atoms with Gasteiger partial charge in [0.15, 0.2) is 0 Å². The fourth-order valence-electron chi connectivity index (χ4n) is 3.33. The highest BCUT2D eigenvalue weighted by atomic mass is 16.5. The van der Waals surface area contributed by atoms with E-state index in [1.807, 2.05) is 0 Å². The molecular weight excluding hydrogens is 432 g/mol. The fraction of sp³-hybridized carbons (Fsp3) is 0.318. The maximum Gasteiger partial charge on any atom is 0.332 e. The van der Waals surface area contributed by atoms with Gasteiger partial charge >= 0.3 is 11.7 Å². The quantitative estimate of drug-likeness (QED) is 0.470. The van der Waals surface area contributed by atoms with Crippen LogP contribution < -0.4 is 20.7 Å². The van der Waals surface area contributed by atoms with Crippen LogP contribution in [0.5, 0.6) is 11.5 Å². The molecule has 0 N–H and O–H groups in total. The second-order valence-electron chi connectivity index (χ2n) is 7.23. The van der Waals surface area contributed by atoms with Crippen LogP contribution in [0.3, 0.4) is 0 Å². The van der Waals surface area contributed by atoms with Crippen molar-refractivity contribution >= 4 is 22.9 Å². The van der Waals surface area contributed by atoms with Crippen LogP contribution in [0, 0.1) is 0 Å². The third-order valence-corrected chi connectivity index (χ3v) is 5.14.